The van der Waals surface area contributed by atoms with E-state index in [4.69, 9.17) is 9.47 Å². The van der Waals surface area contributed by atoms with Gasteiger partial charge in [0.2, 0.25) is 0 Å². The molecule has 1 saturated heterocycles. The number of rotatable bonds is 10. The van der Waals surface area contributed by atoms with Crippen molar-refractivity contribution >= 4 is 5.96 Å². The summed E-state index contributed by atoms with van der Waals surface area (Å²) >= 11 is 0. The van der Waals surface area contributed by atoms with Crippen LogP contribution in [-0.2, 0) is 16.0 Å². The molecule has 0 aromatic carbocycles. The van der Waals surface area contributed by atoms with E-state index < -0.39 is 0 Å². The second kappa shape index (κ2) is 11.0. The van der Waals surface area contributed by atoms with Gasteiger partial charge in [0.15, 0.2) is 5.96 Å². The zero-order valence-electron chi connectivity index (χ0n) is 14.0. The minimum Gasteiger partial charge on any atom is -0.379 e. The lowest BCUT2D eigenvalue weighted by Crippen LogP contribution is -2.38. The standard InChI is InChI=1S/C16H29N5O2/c1-2-18-16(19-6-3-9-21-10-8-17-14-21)20-7-4-11-23-15-5-12-22-13-15/h8,10,14-15H,2-7,9,11-13H2,1H3,(H2,18,19,20). The number of hydrogen-bond acceptors (Lipinski definition) is 4. The average molecular weight is 323 g/mol. The Morgan fingerprint density at radius 3 is 3.13 bits per heavy atom. The predicted molar refractivity (Wildman–Crippen MR) is 90.6 cm³/mol. The summed E-state index contributed by atoms with van der Waals surface area (Å²) in [6.07, 6.45) is 8.89. The largest absolute Gasteiger partial charge is 0.379 e. The minimum atomic E-state index is 0.292. The zero-order chi connectivity index (χ0) is 16.2. The van der Waals surface area contributed by atoms with Crippen molar-refractivity contribution in [1.82, 2.24) is 20.2 Å². The van der Waals surface area contributed by atoms with Crippen LogP contribution in [0.1, 0.15) is 26.2 Å². The van der Waals surface area contributed by atoms with Crippen molar-refractivity contribution in [2.45, 2.75) is 38.8 Å². The molecule has 0 radical (unpaired) electrons. The third kappa shape index (κ3) is 7.47. The smallest absolute Gasteiger partial charge is 0.191 e. The lowest BCUT2D eigenvalue weighted by molar-refractivity contribution is 0.0420. The Morgan fingerprint density at radius 1 is 1.43 bits per heavy atom. The molecule has 1 atom stereocenters. The number of aryl methyl sites for hydroxylation is 1. The average Bonchev–Trinajstić information content (AvgIpc) is 3.24. The second-order valence-corrected chi connectivity index (χ2v) is 5.55. The highest BCUT2D eigenvalue weighted by molar-refractivity contribution is 5.79. The molecule has 0 aliphatic carbocycles. The van der Waals surface area contributed by atoms with Crippen LogP contribution in [0.3, 0.4) is 0 Å². The van der Waals surface area contributed by atoms with Gasteiger partial charge in [0.25, 0.3) is 0 Å². The number of hydrogen-bond donors (Lipinski definition) is 2. The molecule has 1 aliphatic heterocycles. The number of nitrogens with one attached hydrogen (secondary N) is 2. The zero-order valence-corrected chi connectivity index (χ0v) is 14.0. The highest BCUT2D eigenvalue weighted by Gasteiger charge is 2.15. The molecule has 1 aromatic heterocycles. The summed E-state index contributed by atoms with van der Waals surface area (Å²) in [5.41, 5.74) is 0. The van der Waals surface area contributed by atoms with Crippen LogP contribution in [-0.4, -0.2) is 61.1 Å². The van der Waals surface area contributed by atoms with Crippen LogP contribution in [0.25, 0.3) is 0 Å². The third-order valence-electron chi connectivity index (χ3n) is 3.60. The van der Waals surface area contributed by atoms with Crippen molar-refractivity contribution < 1.29 is 9.47 Å². The van der Waals surface area contributed by atoms with Gasteiger partial charge in [0.1, 0.15) is 0 Å². The van der Waals surface area contributed by atoms with Crippen molar-refractivity contribution in [3.05, 3.63) is 18.7 Å². The fourth-order valence-corrected chi connectivity index (χ4v) is 2.38. The number of aromatic nitrogens is 2. The molecule has 0 bridgehead atoms. The number of nitrogens with zero attached hydrogens (tertiary/aromatic N) is 3. The van der Waals surface area contributed by atoms with Gasteiger partial charge in [-0.05, 0) is 26.2 Å². The van der Waals surface area contributed by atoms with Crippen LogP contribution < -0.4 is 10.6 Å². The molecule has 2 heterocycles. The van der Waals surface area contributed by atoms with E-state index in [0.717, 1.165) is 71.2 Å². The number of imidazole rings is 1. The SMILES string of the molecule is CCNC(=NCCCn1ccnc1)NCCCOC1CCOC1. The quantitative estimate of drug-likeness (QED) is 0.382. The lowest BCUT2D eigenvalue weighted by atomic mass is 10.3. The van der Waals surface area contributed by atoms with Gasteiger partial charge in [-0.2, -0.15) is 0 Å². The van der Waals surface area contributed by atoms with E-state index in [0.29, 0.717) is 6.10 Å². The molecule has 0 saturated carbocycles. The van der Waals surface area contributed by atoms with E-state index in [1.165, 1.54) is 0 Å². The molecule has 0 spiro atoms. The molecule has 2 N–H and O–H groups in total. The molecule has 2 rings (SSSR count). The highest BCUT2D eigenvalue weighted by Crippen LogP contribution is 2.07. The Morgan fingerprint density at radius 2 is 2.39 bits per heavy atom. The van der Waals surface area contributed by atoms with Gasteiger partial charge in [-0.15, -0.1) is 0 Å². The number of aliphatic imine (C=N–C) groups is 1. The van der Waals surface area contributed by atoms with Crippen LogP contribution in [0.4, 0.5) is 0 Å². The summed E-state index contributed by atoms with van der Waals surface area (Å²) in [4.78, 5) is 8.62. The fourth-order valence-electron chi connectivity index (χ4n) is 2.38. The highest BCUT2D eigenvalue weighted by atomic mass is 16.5. The molecule has 7 nitrogen and oxygen atoms in total. The van der Waals surface area contributed by atoms with Crippen molar-refractivity contribution in [2.24, 2.45) is 4.99 Å². The first-order chi connectivity index (χ1) is 11.4. The van der Waals surface area contributed by atoms with Gasteiger partial charge in [0, 0.05) is 51.8 Å². The summed E-state index contributed by atoms with van der Waals surface area (Å²) in [7, 11) is 0. The maximum Gasteiger partial charge on any atom is 0.191 e. The summed E-state index contributed by atoms with van der Waals surface area (Å²) in [5.74, 6) is 0.877. The number of guanidine groups is 1. The molecule has 0 amide bonds. The summed E-state index contributed by atoms with van der Waals surface area (Å²) in [6, 6.07) is 0. The van der Waals surface area contributed by atoms with Gasteiger partial charge >= 0.3 is 0 Å². The Kier molecular flexibility index (Phi) is 8.50. The van der Waals surface area contributed by atoms with Gasteiger partial charge < -0.3 is 24.7 Å². The number of ether oxygens (including phenoxy) is 2. The Labute approximate surface area is 138 Å². The van der Waals surface area contributed by atoms with E-state index in [1.54, 1.807) is 6.20 Å². The minimum absolute atomic E-state index is 0.292. The van der Waals surface area contributed by atoms with Gasteiger partial charge in [-0.1, -0.05) is 0 Å². The van der Waals surface area contributed by atoms with Gasteiger partial charge in [-0.3, -0.25) is 4.99 Å². The lowest BCUT2D eigenvalue weighted by Gasteiger charge is -2.13. The first-order valence-electron chi connectivity index (χ1n) is 8.55. The van der Waals surface area contributed by atoms with Crippen molar-refractivity contribution in [1.29, 1.82) is 0 Å². The van der Waals surface area contributed by atoms with E-state index in [9.17, 15) is 0 Å². The molecule has 1 aliphatic rings. The van der Waals surface area contributed by atoms with E-state index in [2.05, 4.69) is 32.1 Å². The van der Waals surface area contributed by atoms with E-state index >= 15 is 0 Å². The molecule has 130 valence electrons. The Hall–Kier alpha value is -1.60. The van der Waals surface area contributed by atoms with Crippen molar-refractivity contribution in [3.63, 3.8) is 0 Å². The molecular weight excluding hydrogens is 294 g/mol. The third-order valence-corrected chi connectivity index (χ3v) is 3.60. The maximum atomic E-state index is 5.75. The van der Waals surface area contributed by atoms with Crippen LogP contribution in [0.15, 0.2) is 23.7 Å². The van der Waals surface area contributed by atoms with Crippen molar-refractivity contribution in [3.8, 4) is 0 Å². The fraction of sp³-hybridized carbons (Fsp3) is 0.750. The van der Waals surface area contributed by atoms with Crippen molar-refractivity contribution in [2.75, 3.05) is 39.5 Å². The molecule has 1 unspecified atom stereocenters. The topological polar surface area (TPSA) is 72.7 Å². The molecule has 1 aromatic rings. The maximum absolute atomic E-state index is 5.75. The van der Waals surface area contributed by atoms with Crippen LogP contribution in [0, 0.1) is 0 Å². The predicted octanol–water partition coefficient (Wildman–Crippen LogP) is 1.02. The van der Waals surface area contributed by atoms with Crippen LogP contribution in [0.5, 0.6) is 0 Å². The van der Waals surface area contributed by atoms with E-state index in [-0.39, 0.29) is 0 Å². The monoisotopic (exact) mass is 323 g/mol. The molecule has 23 heavy (non-hydrogen) atoms. The Bertz CT molecular complexity index is 430. The summed E-state index contributed by atoms with van der Waals surface area (Å²) < 4.78 is 13.1. The van der Waals surface area contributed by atoms with Crippen LogP contribution >= 0.6 is 0 Å². The molecule has 1 fully saturated rings. The molecular formula is C16H29N5O2. The second-order valence-electron chi connectivity index (χ2n) is 5.55. The van der Waals surface area contributed by atoms with Gasteiger partial charge in [0.05, 0.1) is 19.0 Å². The summed E-state index contributed by atoms with van der Waals surface area (Å²) in [6.45, 7) is 7.88. The first-order valence-corrected chi connectivity index (χ1v) is 8.55. The van der Waals surface area contributed by atoms with Crippen LogP contribution in [0.2, 0.25) is 0 Å². The van der Waals surface area contributed by atoms with E-state index in [1.807, 2.05) is 12.5 Å². The Balaban J connectivity index is 1.55. The summed E-state index contributed by atoms with van der Waals surface area (Å²) in [5, 5.41) is 6.62. The first kappa shape index (κ1) is 17.7. The molecule has 7 heteroatoms. The normalized spacial score (nSPS) is 18.3. The van der Waals surface area contributed by atoms with Gasteiger partial charge in [-0.25, -0.2) is 4.98 Å².